The number of amides is 1. The summed E-state index contributed by atoms with van der Waals surface area (Å²) in [6.45, 7) is 5.60. The van der Waals surface area contributed by atoms with Crippen molar-refractivity contribution in [3.8, 4) is 0 Å². The number of hydrogen-bond donors (Lipinski definition) is 1. The summed E-state index contributed by atoms with van der Waals surface area (Å²) < 4.78 is 0.978. The summed E-state index contributed by atoms with van der Waals surface area (Å²) in [4.78, 5) is 16.6. The summed E-state index contributed by atoms with van der Waals surface area (Å²) >= 11 is 3.37. The van der Waals surface area contributed by atoms with Gasteiger partial charge < -0.3 is 0 Å². The molecule has 1 aromatic rings. The molecule has 0 atom stereocenters. The molecule has 0 unspecified atom stereocenters. The Morgan fingerprint density at radius 3 is 2.71 bits per heavy atom. The molecule has 0 heterocycles. The van der Waals surface area contributed by atoms with Crippen LogP contribution >= 0.6 is 15.9 Å². The Labute approximate surface area is 110 Å². The topological polar surface area (TPSA) is 38.3 Å². The maximum Gasteiger partial charge on any atom is 0.267 e. The van der Waals surface area contributed by atoms with Crippen LogP contribution in [0.3, 0.4) is 0 Å². The van der Waals surface area contributed by atoms with Gasteiger partial charge in [-0.1, -0.05) is 28.1 Å². The lowest BCUT2D eigenvalue weighted by Gasteiger charge is -2.17. The fourth-order valence-electron chi connectivity index (χ4n) is 1.02. The predicted molar refractivity (Wildman–Crippen MR) is 72.2 cm³/mol. The van der Waals surface area contributed by atoms with Gasteiger partial charge in [0, 0.05) is 10.5 Å². The van der Waals surface area contributed by atoms with Crippen LogP contribution in [0.4, 0.5) is 0 Å². The third kappa shape index (κ3) is 6.24. The molecule has 4 heteroatoms. The summed E-state index contributed by atoms with van der Waals surface area (Å²) in [6.07, 6.45) is 3.17. The molecule has 92 valence electrons. The Morgan fingerprint density at radius 1 is 1.41 bits per heavy atom. The van der Waals surface area contributed by atoms with Crippen molar-refractivity contribution in [2.75, 3.05) is 0 Å². The zero-order valence-electron chi connectivity index (χ0n) is 10.2. The summed E-state index contributed by atoms with van der Waals surface area (Å²) in [5, 5.41) is 0. The van der Waals surface area contributed by atoms with Crippen LogP contribution in [0.1, 0.15) is 26.3 Å². The van der Waals surface area contributed by atoms with Gasteiger partial charge in [-0.25, -0.2) is 5.48 Å². The van der Waals surface area contributed by atoms with Crippen molar-refractivity contribution in [3.05, 3.63) is 40.4 Å². The fourth-order valence-corrected chi connectivity index (χ4v) is 1.44. The highest BCUT2D eigenvalue weighted by Gasteiger charge is 2.11. The van der Waals surface area contributed by atoms with E-state index in [-0.39, 0.29) is 11.5 Å². The van der Waals surface area contributed by atoms with Crippen molar-refractivity contribution in [2.24, 2.45) is 0 Å². The van der Waals surface area contributed by atoms with Crippen molar-refractivity contribution in [2.45, 2.75) is 26.4 Å². The molecule has 0 spiro atoms. The summed E-state index contributed by atoms with van der Waals surface area (Å²) in [7, 11) is 0. The van der Waals surface area contributed by atoms with Gasteiger partial charge >= 0.3 is 0 Å². The van der Waals surface area contributed by atoms with Crippen LogP contribution in [-0.2, 0) is 9.63 Å². The van der Waals surface area contributed by atoms with Gasteiger partial charge in [0.15, 0.2) is 0 Å². The Balaban J connectivity index is 2.51. The highest BCUT2D eigenvalue weighted by molar-refractivity contribution is 9.10. The molecule has 0 radical (unpaired) electrons. The van der Waals surface area contributed by atoms with Crippen LogP contribution in [-0.4, -0.2) is 11.5 Å². The average molecular weight is 298 g/mol. The largest absolute Gasteiger partial charge is 0.268 e. The Morgan fingerprint density at radius 2 is 2.12 bits per heavy atom. The first-order chi connectivity index (χ1) is 7.87. The van der Waals surface area contributed by atoms with Gasteiger partial charge in [0.05, 0.1) is 5.60 Å². The van der Waals surface area contributed by atoms with E-state index < -0.39 is 0 Å². The molecule has 0 aromatic heterocycles. The molecule has 0 bridgehead atoms. The number of hydrogen-bond acceptors (Lipinski definition) is 2. The van der Waals surface area contributed by atoms with E-state index >= 15 is 0 Å². The molecule has 1 amide bonds. The van der Waals surface area contributed by atoms with E-state index in [0.29, 0.717) is 0 Å². The van der Waals surface area contributed by atoms with Gasteiger partial charge in [-0.15, -0.1) is 0 Å². The highest BCUT2D eigenvalue weighted by atomic mass is 79.9. The molecular formula is C13H16BrNO2. The van der Waals surface area contributed by atoms with E-state index in [1.54, 1.807) is 6.08 Å². The number of rotatable bonds is 3. The van der Waals surface area contributed by atoms with Crippen molar-refractivity contribution in [1.29, 1.82) is 0 Å². The van der Waals surface area contributed by atoms with Crippen LogP contribution in [0.5, 0.6) is 0 Å². The van der Waals surface area contributed by atoms with E-state index in [0.717, 1.165) is 10.0 Å². The van der Waals surface area contributed by atoms with Crippen LogP contribution in [0.15, 0.2) is 34.8 Å². The maximum absolute atomic E-state index is 11.4. The number of halogens is 1. The highest BCUT2D eigenvalue weighted by Crippen LogP contribution is 2.12. The molecule has 0 saturated heterocycles. The average Bonchev–Trinajstić information content (AvgIpc) is 2.23. The lowest BCUT2D eigenvalue weighted by Crippen LogP contribution is -2.32. The number of carbonyl (C=O) groups excluding carboxylic acids is 1. The van der Waals surface area contributed by atoms with E-state index in [1.807, 2.05) is 45.0 Å². The zero-order chi connectivity index (χ0) is 12.9. The zero-order valence-corrected chi connectivity index (χ0v) is 11.7. The van der Waals surface area contributed by atoms with Gasteiger partial charge in [-0.2, -0.15) is 0 Å². The molecule has 0 aliphatic heterocycles. The predicted octanol–water partition coefficient (Wildman–Crippen LogP) is 3.31. The molecule has 1 rings (SSSR count). The van der Waals surface area contributed by atoms with E-state index in [2.05, 4.69) is 21.4 Å². The normalized spacial score (nSPS) is 11.8. The standard InChI is InChI=1S/C13H16BrNO2/c1-13(2,3)17-15-12(16)8-7-10-5-4-6-11(14)9-10/h4-9H,1-3H3,(H,15,16)/b8-7+. The van der Waals surface area contributed by atoms with Crippen LogP contribution in [0.25, 0.3) is 6.08 Å². The van der Waals surface area contributed by atoms with Gasteiger partial charge in [0.25, 0.3) is 5.91 Å². The number of benzene rings is 1. The first kappa shape index (κ1) is 13.9. The lowest BCUT2D eigenvalue weighted by molar-refractivity contribution is -0.140. The Bertz CT molecular complexity index is 422. The van der Waals surface area contributed by atoms with Crippen LogP contribution in [0.2, 0.25) is 0 Å². The third-order valence-electron chi connectivity index (χ3n) is 1.73. The fraction of sp³-hybridized carbons (Fsp3) is 0.308. The summed E-state index contributed by atoms with van der Waals surface area (Å²) in [6, 6.07) is 7.68. The molecule has 1 N–H and O–H groups in total. The molecule has 1 aromatic carbocycles. The van der Waals surface area contributed by atoms with E-state index in [1.165, 1.54) is 6.08 Å². The Kier molecular flexibility index (Phi) is 4.90. The molecule has 3 nitrogen and oxygen atoms in total. The van der Waals surface area contributed by atoms with Gasteiger partial charge in [0.1, 0.15) is 0 Å². The third-order valence-corrected chi connectivity index (χ3v) is 2.23. The van der Waals surface area contributed by atoms with Gasteiger partial charge in [-0.05, 0) is 44.5 Å². The monoisotopic (exact) mass is 297 g/mol. The van der Waals surface area contributed by atoms with E-state index in [9.17, 15) is 4.79 Å². The SMILES string of the molecule is CC(C)(C)ONC(=O)/C=C/c1cccc(Br)c1. The number of carbonyl (C=O) groups is 1. The molecular weight excluding hydrogens is 282 g/mol. The van der Waals surface area contributed by atoms with Crippen LogP contribution < -0.4 is 5.48 Å². The number of hydroxylamine groups is 1. The second kappa shape index (κ2) is 5.98. The quantitative estimate of drug-likeness (QED) is 0.687. The second-order valence-electron chi connectivity index (χ2n) is 4.57. The van der Waals surface area contributed by atoms with Crippen molar-refractivity contribution in [1.82, 2.24) is 5.48 Å². The molecule has 17 heavy (non-hydrogen) atoms. The minimum atomic E-state index is -0.390. The summed E-state index contributed by atoms with van der Waals surface area (Å²) in [5.74, 6) is -0.278. The van der Waals surface area contributed by atoms with Crippen molar-refractivity contribution < 1.29 is 9.63 Å². The second-order valence-corrected chi connectivity index (χ2v) is 5.48. The van der Waals surface area contributed by atoms with Crippen LogP contribution in [0, 0.1) is 0 Å². The molecule has 0 aliphatic carbocycles. The molecule has 0 saturated carbocycles. The first-order valence-electron chi connectivity index (χ1n) is 5.28. The van der Waals surface area contributed by atoms with Crippen molar-refractivity contribution in [3.63, 3.8) is 0 Å². The lowest BCUT2D eigenvalue weighted by atomic mass is 10.2. The summed E-state index contributed by atoms with van der Waals surface area (Å²) in [5.41, 5.74) is 2.93. The first-order valence-corrected chi connectivity index (χ1v) is 6.08. The van der Waals surface area contributed by atoms with Gasteiger partial charge in [0.2, 0.25) is 0 Å². The maximum atomic E-state index is 11.4. The van der Waals surface area contributed by atoms with Gasteiger partial charge in [-0.3, -0.25) is 9.63 Å². The number of nitrogens with one attached hydrogen (secondary N) is 1. The smallest absolute Gasteiger partial charge is 0.267 e. The molecule has 0 aliphatic rings. The van der Waals surface area contributed by atoms with Crippen molar-refractivity contribution >= 4 is 27.9 Å². The minimum absolute atomic E-state index is 0.278. The minimum Gasteiger partial charge on any atom is -0.268 e. The van der Waals surface area contributed by atoms with E-state index in [4.69, 9.17) is 4.84 Å². The molecule has 0 fully saturated rings. The Hall–Kier alpha value is -1.13.